The molecule has 5 rings (SSSR count). The predicted molar refractivity (Wildman–Crippen MR) is 110 cm³/mol. The number of halogens is 3. The molecule has 3 aromatic rings. The Kier molecular flexibility index (Phi) is 4.97. The molecule has 3 aromatic heterocycles. The molecule has 0 amide bonds. The number of aromatic nitrogens is 5. The van der Waals surface area contributed by atoms with Gasteiger partial charge in [-0.05, 0) is 25.0 Å². The van der Waals surface area contributed by atoms with Crippen LogP contribution in [-0.2, 0) is 23.1 Å². The first-order valence-electron chi connectivity index (χ1n) is 10.6. The average Bonchev–Trinajstić information content (AvgIpc) is 3.50. The van der Waals surface area contributed by atoms with Crippen LogP contribution < -0.4 is 5.73 Å². The van der Waals surface area contributed by atoms with Gasteiger partial charge in [-0.2, -0.15) is 18.3 Å². The van der Waals surface area contributed by atoms with E-state index in [1.807, 2.05) is 16.9 Å². The van der Waals surface area contributed by atoms with E-state index >= 15 is 0 Å². The highest BCUT2D eigenvalue weighted by Crippen LogP contribution is 2.43. The molecule has 0 unspecified atom stereocenters. The van der Waals surface area contributed by atoms with Crippen molar-refractivity contribution in [1.82, 2.24) is 29.6 Å². The number of nitrogens with one attached hydrogen (secondary N) is 1. The van der Waals surface area contributed by atoms with Gasteiger partial charge in [-0.25, -0.2) is 9.97 Å². The lowest BCUT2D eigenvalue weighted by Crippen LogP contribution is -2.41. The van der Waals surface area contributed by atoms with Gasteiger partial charge in [0.05, 0.1) is 36.1 Å². The van der Waals surface area contributed by atoms with Gasteiger partial charge in [0.2, 0.25) is 0 Å². The monoisotopic (exact) mass is 447 g/mol. The molecule has 5 heterocycles. The first-order valence-corrected chi connectivity index (χ1v) is 10.6. The van der Waals surface area contributed by atoms with E-state index < -0.39 is 23.2 Å². The number of rotatable bonds is 4. The van der Waals surface area contributed by atoms with Crippen molar-refractivity contribution in [3.8, 4) is 11.3 Å². The average molecular weight is 447 g/mol. The smallest absolute Gasteiger partial charge is 0.383 e. The Morgan fingerprint density at radius 2 is 2.12 bits per heavy atom. The lowest BCUT2D eigenvalue weighted by molar-refractivity contribution is -0.137. The first kappa shape index (κ1) is 21.0. The number of nitrogens with zero attached hydrogens (tertiary/aromatic N) is 5. The highest BCUT2D eigenvalue weighted by Gasteiger charge is 2.47. The summed E-state index contributed by atoms with van der Waals surface area (Å²) in [6, 6.07) is 2.97. The molecule has 32 heavy (non-hydrogen) atoms. The van der Waals surface area contributed by atoms with Crippen LogP contribution in [0.2, 0.25) is 0 Å². The molecule has 11 heteroatoms. The zero-order valence-electron chi connectivity index (χ0n) is 17.6. The highest BCUT2D eigenvalue weighted by molar-refractivity contribution is 5.63. The van der Waals surface area contributed by atoms with Crippen LogP contribution in [0.15, 0.2) is 30.7 Å². The summed E-state index contributed by atoms with van der Waals surface area (Å²) in [4.78, 5) is 13.7. The van der Waals surface area contributed by atoms with Crippen molar-refractivity contribution in [2.24, 2.45) is 0 Å². The number of imidazole rings is 1. The molecular formula is C21H24F3N7O. The number of hydrogen-bond donors (Lipinski definition) is 2. The molecule has 2 aliphatic heterocycles. The van der Waals surface area contributed by atoms with Crippen LogP contribution in [0.3, 0.4) is 0 Å². The summed E-state index contributed by atoms with van der Waals surface area (Å²) in [5, 5.41) is 4.58. The van der Waals surface area contributed by atoms with Crippen molar-refractivity contribution in [3.63, 3.8) is 0 Å². The van der Waals surface area contributed by atoms with E-state index in [9.17, 15) is 13.2 Å². The summed E-state index contributed by atoms with van der Waals surface area (Å²) < 4.78 is 48.0. The predicted octanol–water partition coefficient (Wildman–Crippen LogP) is 3.35. The fraction of sp³-hybridized carbons (Fsp3) is 0.476. The van der Waals surface area contributed by atoms with Gasteiger partial charge in [-0.3, -0.25) is 9.58 Å². The number of H-pyrrole nitrogens is 1. The number of fused-ring (bicyclic) bond motifs is 2. The maximum atomic E-state index is 13.3. The van der Waals surface area contributed by atoms with E-state index in [0.29, 0.717) is 25.4 Å². The minimum Gasteiger partial charge on any atom is -0.383 e. The van der Waals surface area contributed by atoms with E-state index in [1.165, 1.54) is 6.20 Å². The van der Waals surface area contributed by atoms with Gasteiger partial charge in [0, 0.05) is 37.2 Å². The number of nitrogen functional groups attached to an aromatic ring is 1. The third-order valence-electron chi connectivity index (χ3n) is 6.37. The Hall–Kier alpha value is -2.92. The van der Waals surface area contributed by atoms with Gasteiger partial charge < -0.3 is 15.5 Å². The van der Waals surface area contributed by atoms with Crippen LogP contribution in [0, 0.1) is 0 Å². The Morgan fingerprint density at radius 1 is 1.28 bits per heavy atom. The van der Waals surface area contributed by atoms with E-state index in [0.717, 1.165) is 37.0 Å². The van der Waals surface area contributed by atoms with Crippen LogP contribution in [0.25, 0.3) is 11.3 Å². The Balaban J connectivity index is 1.47. The number of hydrogen-bond acceptors (Lipinski definition) is 6. The summed E-state index contributed by atoms with van der Waals surface area (Å²) in [5.74, 6) is 0.377. The highest BCUT2D eigenvalue weighted by atomic mass is 19.4. The van der Waals surface area contributed by atoms with Gasteiger partial charge in [0.25, 0.3) is 0 Å². The van der Waals surface area contributed by atoms with Crippen molar-refractivity contribution >= 4 is 5.82 Å². The molecule has 1 saturated heterocycles. The maximum absolute atomic E-state index is 13.3. The van der Waals surface area contributed by atoms with Gasteiger partial charge in [0.15, 0.2) is 0 Å². The summed E-state index contributed by atoms with van der Waals surface area (Å²) >= 11 is 0. The molecule has 0 saturated carbocycles. The van der Waals surface area contributed by atoms with Crippen molar-refractivity contribution < 1.29 is 17.9 Å². The number of pyridine rings is 1. The normalized spacial score (nSPS) is 22.4. The van der Waals surface area contributed by atoms with Crippen molar-refractivity contribution in [2.45, 2.75) is 44.1 Å². The van der Waals surface area contributed by atoms with Crippen LogP contribution in [-0.4, -0.2) is 49.3 Å². The first-order chi connectivity index (χ1) is 15.3. The van der Waals surface area contributed by atoms with E-state index in [2.05, 4.69) is 31.9 Å². The van der Waals surface area contributed by atoms with Gasteiger partial charge in [-0.1, -0.05) is 6.92 Å². The van der Waals surface area contributed by atoms with E-state index in [1.54, 1.807) is 6.20 Å². The van der Waals surface area contributed by atoms with Gasteiger partial charge in [-0.15, -0.1) is 0 Å². The fourth-order valence-corrected chi connectivity index (χ4v) is 4.83. The molecule has 8 nitrogen and oxygen atoms in total. The largest absolute Gasteiger partial charge is 0.419 e. The fourth-order valence-electron chi connectivity index (χ4n) is 4.83. The molecule has 1 fully saturated rings. The SMILES string of the molecule is CC[C@H](c1ncc[nH]1)N1CC[C@]2(C1)OCCn1nc(-c3cnc(N)c(C(F)(F)F)c3)cc12. The molecule has 2 aliphatic rings. The van der Waals surface area contributed by atoms with Crippen molar-refractivity contribution in [3.05, 3.63) is 47.8 Å². The third-order valence-corrected chi connectivity index (χ3v) is 6.37. The molecule has 0 aromatic carbocycles. The zero-order valence-corrected chi connectivity index (χ0v) is 17.6. The summed E-state index contributed by atoms with van der Waals surface area (Å²) in [7, 11) is 0. The Labute approximate surface area is 182 Å². The number of aromatic amines is 1. The van der Waals surface area contributed by atoms with Crippen molar-refractivity contribution in [2.75, 3.05) is 25.4 Å². The minimum atomic E-state index is -4.58. The molecule has 170 valence electrons. The van der Waals surface area contributed by atoms with Crippen LogP contribution in [0.5, 0.6) is 0 Å². The van der Waals surface area contributed by atoms with Gasteiger partial charge >= 0.3 is 6.18 Å². The topological polar surface area (TPSA) is 97.9 Å². The minimum absolute atomic E-state index is 0.140. The molecule has 0 aliphatic carbocycles. The van der Waals surface area contributed by atoms with Crippen LogP contribution in [0.1, 0.15) is 42.9 Å². The Bertz CT molecular complexity index is 1110. The van der Waals surface area contributed by atoms with E-state index in [4.69, 9.17) is 10.5 Å². The number of anilines is 1. The Morgan fingerprint density at radius 3 is 2.84 bits per heavy atom. The van der Waals surface area contributed by atoms with Gasteiger partial charge in [0.1, 0.15) is 17.2 Å². The quantitative estimate of drug-likeness (QED) is 0.637. The second-order valence-corrected chi connectivity index (χ2v) is 8.25. The molecule has 0 radical (unpaired) electrons. The molecule has 1 spiro atoms. The second kappa shape index (κ2) is 7.59. The number of alkyl halides is 3. The zero-order chi connectivity index (χ0) is 22.5. The van der Waals surface area contributed by atoms with Crippen LogP contribution in [0.4, 0.5) is 19.0 Å². The molecule has 0 bridgehead atoms. The molecule has 3 N–H and O–H groups in total. The third kappa shape index (κ3) is 3.45. The molecular weight excluding hydrogens is 423 g/mol. The van der Waals surface area contributed by atoms with E-state index in [-0.39, 0.29) is 11.6 Å². The lowest BCUT2D eigenvalue weighted by Gasteiger charge is -2.35. The summed E-state index contributed by atoms with van der Waals surface area (Å²) in [6.45, 7) is 4.63. The standard InChI is InChI=1S/C21H24F3N7O/c1-2-16(19-26-4-5-27-19)30-6-3-20(12-30)17-10-15(29-31(17)7-8-32-20)13-9-14(21(22,23)24)18(25)28-11-13/h4-5,9-11,16H,2-3,6-8,12H2,1H3,(H2,25,28)(H,26,27)/t16-,20-/m1/s1. The lowest BCUT2D eigenvalue weighted by atomic mass is 9.96. The number of ether oxygens (including phenoxy) is 1. The summed E-state index contributed by atoms with van der Waals surface area (Å²) in [6.07, 6.45) is 1.98. The second-order valence-electron chi connectivity index (χ2n) is 8.25. The molecule has 2 atom stereocenters. The maximum Gasteiger partial charge on any atom is 0.419 e. The van der Waals surface area contributed by atoms with Crippen molar-refractivity contribution in [1.29, 1.82) is 0 Å². The number of nitrogens with two attached hydrogens (primary N) is 1. The summed E-state index contributed by atoms with van der Waals surface area (Å²) in [5.41, 5.74) is 5.52. The number of likely N-dealkylation sites (tertiary alicyclic amines) is 1. The van der Waals surface area contributed by atoms with Crippen LogP contribution >= 0.6 is 0 Å².